The molecule has 2 aliphatic heterocycles. The Balaban J connectivity index is 1.63. The Labute approximate surface area is 207 Å². The smallest absolute Gasteiger partial charge is 0.322 e. The Kier molecular flexibility index (Phi) is 8.88. The van der Waals surface area contributed by atoms with Crippen molar-refractivity contribution in [2.75, 3.05) is 26.2 Å². The van der Waals surface area contributed by atoms with E-state index in [1.54, 1.807) is 12.1 Å². The van der Waals surface area contributed by atoms with Crippen molar-refractivity contribution in [3.63, 3.8) is 0 Å². The van der Waals surface area contributed by atoms with Gasteiger partial charge in [0.05, 0.1) is 0 Å². The first-order valence-corrected chi connectivity index (χ1v) is 12.6. The second-order valence-electron chi connectivity index (χ2n) is 10.1. The van der Waals surface area contributed by atoms with Crippen LogP contribution in [0.15, 0.2) is 24.3 Å². The highest BCUT2D eigenvalue weighted by Crippen LogP contribution is 2.34. The maximum atomic E-state index is 13.4. The van der Waals surface area contributed by atoms with Crippen LogP contribution in [0.1, 0.15) is 68.8 Å². The van der Waals surface area contributed by atoms with E-state index < -0.39 is 30.0 Å². The van der Waals surface area contributed by atoms with Crippen LogP contribution in [-0.4, -0.2) is 76.4 Å². The zero-order valence-electron chi connectivity index (χ0n) is 21.0. The first kappa shape index (κ1) is 26.7. The number of amides is 3. The van der Waals surface area contributed by atoms with E-state index in [2.05, 4.69) is 36.3 Å². The topological polar surface area (TPSA) is 119 Å². The molecule has 35 heavy (non-hydrogen) atoms. The van der Waals surface area contributed by atoms with Crippen LogP contribution in [0.25, 0.3) is 0 Å². The van der Waals surface area contributed by atoms with Crippen molar-refractivity contribution in [2.24, 2.45) is 5.92 Å². The fraction of sp³-hybridized carbons (Fsp3) is 0.615. The SMILES string of the molecule is CCCCN1C(=O)C(CC(C)C)NC(=O)C12CCN(Cc1ccc(C(=O)NCC(=O)O)cc1)CC2. The summed E-state index contributed by atoms with van der Waals surface area (Å²) in [5.41, 5.74) is 0.662. The Morgan fingerprint density at radius 1 is 1.17 bits per heavy atom. The van der Waals surface area contributed by atoms with Gasteiger partial charge in [-0.2, -0.15) is 0 Å². The highest BCUT2D eigenvalue weighted by atomic mass is 16.4. The highest BCUT2D eigenvalue weighted by molar-refractivity contribution is 6.00. The molecule has 2 saturated heterocycles. The summed E-state index contributed by atoms with van der Waals surface area (Å²) >= 11 is 0. The zero-order valence-corrected chi connectivity index (χ0v) is 21.0. The number of likely N-dealkylation sites (tertiary alicyclic amines) is 1. The molecular weight excluding hydrogens is 448 g/mol. The van der Waals surface area contributed by atoms with Crippen molar-refractivity contribution < 1.29 is 24.3 Å². The summed E-state index contributed by atoms with van der Waals surface area (Å²) in [5, 5.41) is 14.1. The van der Waals surface area contributed by atoms with Crippen LogP contribution in [0.2, 0.25) is 0 Å². The molecule has 192 valence electrons. The van der Waals surface area contributed by atoms with Crippen LogP contribution < -0.4 is 10.6 Å². The maximum absolute atomic E-state index is 13.4. The summed E-state index contributed by atoms with van der Waals surface area (Å²) < 4.78 is 0. The molecule has 2 aliphatic rings. The van der Waals surface area contributed by atoms with Gasteiger partial charge < -0.3 is 20.6 Å². The molecular formula is C26H38N4O5. The largest absolute Gasteiger partial charge is 0.480 e. The van der Waals surface area contributed by atoms with Crippen LogP contribution in [0.5, 0.6) is 0 Å². The molecule has 3 rings (SSSR count). The average Bonchev–Trinajstić information content (AvgIpc) is 2.82. The van der Waals surface area contributed by atoms with Gasteiger partial charge in [0.2, 0.25) is 11.8 Å². The van der Waals surface area contributed by atoms with E-state index in [0.29, 0.717) is 56.9 Å². The summed E-state index contributed by atoms with van der Waals surface area (Å²) in [7, 11) is 0. The number of aliphatic carboxylic acids is 1. The van der Waals surface area contributed by atoms with Crippen LogP contribution in [0, 0.1) is 5.92 Å². The van der Waals surface area contributed by atoms with Gasteiger partial charge in [0.25, 0.3) is 5.91 Å². The Morgan fingerprint density at radius 3 is 2.40 bits per heavy atom. The van der Waals surface area contributed by atoms with E-state index in [1.165, 1.54) is 0 Å². The van der Waals surface area contributed by atoms with Crippen LogP contribution in [0.4, 0.5) is 0 Å². The predicted octanol–water partition coefficient (Wildman–Crippen LogP) is 2.01. The van der Waals surface area contributed by atoms with Gasteiger partial charge in [0.1, 0.15) is 18.1 Å². The molecule has 9 nitrogen and oxygen atoms in total. The minimum Gasteiger partial charge on any atom is -0.480 e. The molecule has 0 aliphatic carbocycles. The quantitative estimate of drug-likeness (QED) is 0.466. The van der Waals surface area contributed by atoms with Gasteiger partial charge in [0, 0.05) is 31.7 Å². The molecule has 0 aromatic heterocycles. The number of nitrogens with zero attached hydrogens (tertiary/aromatic N) is 2. The van der Waals surface area contributed by atoms with Crippen molar-refractivity contribution in [1.82, 2.24) is 20.4 Å². The van der Waals surface area contributed by atoms with Crippen molar-refractivity contribution in [2.45, 2.75) is 71.0 Å². The molecule has 3 N–H and O–H groups in total. The lowest BCUT2D eigenvalue weighted by Gasteiger charge is -2.52. The van der Waals surface area contributed by atoms with Crippen LogP contribution in [0.3, 0.4) is 0 Å². The molecule has 0 bridgehead atoms. The fourth-order valence-corrected chi connectivity index (χ4v) is 5.00. The number of carbonyl (C=O) groups is 4. The second-order valence-corrected chi connectivity index (χ2v) is 10.1. The number of hydrogen-bond acceptors (Lipinski definition) is 5. The van der Waals surface area contributed by atoms with E-state index >= 15 is 0 Å². The van der Waals surface area contributed by atoms with Crippen molar-refractivity contribution in [3.8, 4) is 0 Å². The van der Waals surface area contributed by atoms with Crippen LogP contribution in [-0.2, 0) is 20.9 Å². The summed E-state index contributed by atoms with van der Waals surface area (Å²) in [4.78, 5) is 53.5. The third-order valence-electron chi connectivity index (χ3n) is 6.96. The Bertz CT molecular complexity index is 922. The Morgan fingerprint density at radius 2 is 1.83 bits per heavy atom. The molecule has 1 atom stereocenters. The van der Waals surface area contributed by atoms with Crippen molar-refractivity contribution >= 4 is 23.7 Å². The standard InChI is InChI=1S/C26H38N4O5/c1-4-5-12-30-24(34)21(15-18(2)3)28-25(35)26(30)10-13-29(14-11-26)17-19-6-8-20(9-7-19)23(33)27-16-22(31)32/h6-9,18,21H,4-5,10-17H2,1-3H3,(H,27,33)(H,28,35)(H,31,32). The predicted molar refractivity (Wildman–Crippen MR) is 132 cm³/mol. The Hall–Kier alpha value is -2.94. The minimum atomic E-state index is -1.09. The van der Waals surface area contributed by atoms with Gasteiger partial charge in [0.15, 0.2) is 0 Å². The molecule has 1 spiro atoms. The van der Waals surface area contributed by atoms with Gasteiger partial charge in [-0.05, 0) is 49.3 Å². The summed E-state index contributed by atoms with van der Waals surface area (Å²) in [5.74, 6) is -1.15. The third kappa shape index (κ3) is 6.39. The molecule has 0 saturated carbocycles. The van der Waals surface area contributed by atoms with E-state index in [4.69, 9.17) is 5.11 Å². The van der Waals surface area contributed by atoms with Gasteiger partial charge in [-0.25, -0.2) is 0 Å². The molecule has 2 fully saturated rings. The van der Waals surface area contributed by atoms with E-state index in [-0.39, 0.29) is 11.8 Å². The van der Waals surface area contributed by atoms with E-state index in [9.17, 15) is 19.2 Å². The molecule has 3 amide bonds. The van der Waals surface area contributed by atoms with Gasteiger partial charge in [-0.3, -0.25) is 24.1 Å². The van der Waals surface area contributed by atoms with Crippen LogP contribution >= 0.6 is 0 Å². The number of hydrogen-bond donors (Lipinski definition) is 3. The number of carbonyl (C=O) groups excluding carboxylic acids is 3. The summed E-state index contributed by atoms with van der Waals surface area (Å²) in [6.45, 7) is 8.48. The lowest BCUT2D eigenvalue weighted by atomic mass is 9.80. The number of carboxylic acid groups (broad SMARTS) is 1. The first-order chi connectivity index (χ1) is 16.7. The van der Waals surface area contributed by atoms with E-state index in [1.807, 2.05) is 17.0 Å². The lowest BCUT2D eigenvalue weighted by molar-refractivity contribution is -0.161. The molecule has 2 heterocycles. The minimum absolute atomic E-state index is 0.0183. The van der Waals surface area contributed by atoms with E-state index in [0.717, 1.165) is 18.4 Å². The molecule has 1 aromatic carbocycles. The molecule has 1 unspecified atom stereocenters. The number of nitrogens with one attached hydrogen (secondary N) is 2. The number of piperidine rings is 1. The molecule has 0 radical (unpaired) electrons. The average molecular weight is 487 g/mol. The zero-order chi connectivity index (χ0) is 25.6. The van der Waals surface area contributed by atoms with Crippen molar-refractivity contribution in [3.05, 3.63) is 35.4 Å². The number of carboxylic acids is 1. The normalized spacial score (nSPS) is 20.2. The van der Waals surface area contributed by atoms with Gasteiger partial charge in [-0.15, -0.1) is 0 Å². The maximum Gasteiger partial charge on any atom is 0.322 e. The van der Waals surface area contributed by atoms with Gasteiger partial charge in [-0.1, -0.05) is 39.3 Å². The van der Waals surface area contributed by atoms with Gasteiger partial charge >= 0.3 is 5.97 Å². The molecule has 9 heteroatoms. The lowest BCUT2D eigenvalue weighted by Crippen LogP contribution is -2.73. The van der Waals surface area contributed by atoms with Crippen molar-refractivity contribution in [1.29, 1.82) is 0 Å². The monoisotopic (exact) mass is 486 g/mol. The number of unbranched alkanes of at least 4 members (excludes halogenated alkanes) is 1. The number of rotatable bonds is 10. The first-order valence-electron chi connectivity index (χ1n) is 12.6. The highest BCUT2D eigenvalue weighted by Gasteiger charge is 2.53. The fourth-order valence-electron chi connectivity index (χ4n) is 5.00. The summed E-state index contributed by atoms with van der Waals surface area (Å²) in [6.07, 6.45) is 3.69. The number of piperazine rings is 1. The molecule has 1 aromatic rings. The second kappa shape index (κ2) is 11.7. The number of benzene rings is 1. The third-order valence-corrected chi connectivity index (χ3v) is 6.96. The summed E-state index contributed by atoms with van der Waals surface area (Å²) in [6, 6.07) is 6.66.